The predicted octanol–water partition coefficient (Wildman–Crippen LogP) is 1.55. The second kappa shape index (κ2) is 7.67. The molecule has 0 bridgehead atoms. The molecule has 3 rings (SSSR count). The van der Waals surface area contributed by atoms with Crippen molar-refractivity contribution in [3.63, 3.8) is 0 Å². The summed E-state index contributed by atoms with van der Waals surface area (Å²) in [5.41, 5.74) is -0.566. The molecule has 2 fully saturated rings. The Balaban J connectivity index is 1.49. The van der Waals surface area contributed by atoms with Crippen molar-refractivity contribution in [1.29, 1.82) is 0 Å². The zero-order valence-corrected chi connectivity index (χ0v) is 16.2. The van der Waals surface area contributed by atoms with Gasteiger partial charge in [-0.15, -0.1) is 0 Å². The maximum absolute atomic E-state index is 12.5. The van der Waals surface area contributed by atoms with Gasteiger partial charge >= 0.3 is 12.0 Å². The van der Waals surface area contributed by atoms with Gasteiger partial charge in [-0.3, -0.25) is 19.3 Å². The number of nitrogens with one attached hydrogen (secondary N) is 2. The van der Waals surface area contributed by atoms with E-state index in [1.165, 1.54) is 13.2 Å². The molecule has 1 aliphatic carbocycles. The minimum atomic E-state index is -0.970. The lowest BCUT2D eigenvalue weighted by Gasteiger charge is -2.20. The van der Waals surface area contributed by atoms with E-state index >= 15 is 0 Å². The van der Waals surface area contributed by atoms with E-state index in [-0.39, 0.29) is 5.92 Å². The molecule has 1 aliphatic heterocycles. The Bertz CT molecular complexity index is 841. The van der Waals surface area contributed by atoms with E-state index in [9.17, 15) is 19.2 Å². The van der Waals surface area contributed by atoms with Crippen molar-refractivity contribution in [3.05, 3.63) is 23.2 Å². The van der Waals surface area contributed by atoms with Crippen LogP contribution in [-0.2, 0) is 19.1 Å². The molecule has 150 valence electrons. The van der Waals surface area contributed by atoms with Crippen molar-refractivity contribution in [3.8, 4) is 5.75 Å². The fourth-order valence-electron chi connectivity index (χ4n) is 3.06. The first-order chi connectivity index (χ1) is 13.2. The van der Waals surface area contributed by atoms with Crippen LogP contribution in [0.4, 0.5) is 10.5 Å². The number of benzene rings is 1. The largest absolute Gasteiger partial charge is 0.495 e. The Morgan fingerprint density at radius 1 is 1.36 bits per heavy atom. The molecule has 1 aromatic carbocycles. The van der Waals surface area contributed by atoms with Crippen LogP contribution < -0.4 is 15.4 Å². The molecule has 1 atom stereocenters. The molecular formula is C18H20ClN3O6. The average Bonchev–Trinajstić information content (AvgIpc) is 3.46. The zero-order chi connectivity index (χ0) is 20.5. The topological polar surface area (TPSA) is 114 Å². The number of methoxy groups -OCH3 is 1. The maximum atomic E-state index is 12.5. The highest BCUT2D eigenvalue weighted by molar-refractivity contribution is 6.32. The van der Waals surface area contributed by atoms with Crippen molar-refractivity contribution >= 4 is 41.1 Å². The van der Waals surface area contributed by atoms with E-state index < -0.39 is 42.5 Å². The maximum Gasteiger partial charge on any atom is 0.326 e. The number of rotatable bonds is 7. The molecule has 1 saturated carbocycles. The van der Waals surface area contributed by atoms with Gasteiger partial charge in [0, 0.05) is 5.69 Å². The summed E-state index contributed by atoms with van der Waals surface area (Å²) in [7, 11) is 1.47. The van der Waals surface area contributed by atoms with E-state index in [1.807, 2.05) is 0 Å². The van der Waals surface area contributed by atoms with Gasteiger partial charge in [0.25, 0.3) is 11.8 Å². The summed E-state index contributed by atoms with van der Waals surface area (Å²) in [4.78, 5) is 49.2. The van der Waals surface area contributed by atoms with Crippen LogP contribution in [0, 0.1) is 5.92 Å². The Hall–Kier alpha value is -2.81. The quantitative estimate of drug-likeness (QED) is 0.521. The molecule has 0 aromatic heterocycles. The van der Waals surface area contributed by atoms with Crippen LogP contribution in [-0.4, -0.2) is 54.5 Å². The fourth-order valence-corrected chi connectivity index (χ4v) is 3.32. The van der Waals surface area contributed by atoms with Crippen molar-refractivity contribution in [2.45, 2.75) is 25.3 Å². The lowest BCUT2D eigenvalue weighted by atomic mass is 9.96. The third kappa shape index (κ3) is 4.04. The van der Waals surface area contributed by atoms with Gasteiger partial charge in [-0.2, -0.15) is 0 Å². The molecule has 1 saturated heterocycles. The van der Waals surface area contributed by atoms with Crippen molar-refractivity contribution < 1.29 is 28.7 Å². The summed E-state index contributed by atoms with van der Waals surface area (Å²) in [6.45, 7) is 0.546. The van der Waals surface area contributed by atoms with Gasteiger partial charge in [0.05, 0.1) is 12.1 Å². The minimum Gasteiger partial charge on any atom is -0.495 e. The van der Waals surface area contributed by atoms with Crippen LogP contribution in [0.1, 0.15) is 19.8 Å². The molecule has 2 aliphatic rings. The normalized spacial score (nSPS) is 21.3. The van der Waals surface area contributed by atoms with E-state index in [4.69, 9.17) is 21.1 Å². The Morgan fingerprint density at radius 2 is 2.07 bits per heavy atom. The first kappa shape index (κ1) is 19.9. The van der Waals surface area contributed by atoms with Crippen LogP contribution in [0.15, 0.2) is 18.2 Å². The van der Waals surface area contributed by atoms with Crippen LogP contribution in [0.25, 0.3) is 0 Å². The molecule has 28 heavy (non-hydrogen) atoms. The van der Waals surface area contributed by atoms with E-state index in [0.717, 1.165) is 17.7 Å². The monoisotopic (exact) mass is 409 g/mol. The number of ether oxygens (including phenoxy) is 2. The third-order valence-corrected chi connectivity index (χ3v) is 5.08. The fraction of sp³-hybridized carbons (Fsp3) is 0.444. The smallest absolute Gasteiger partial charge is 0.326 e. The van der Waals surface area contributed by atoms with E-state index in [2.05, 4.69) is 10.6 Å². The average molecular weight is 410 g/mol. The van der Waals surface area contributed by atoms with Gasteiger partial charge in [0.1, 0.15) is 17.8 Å². The second-order valence-electron chi connectivity index (χ2n) is 6.86. The Morgan fingerprint density at radius 3 is 2.68 bits per heavy atom. The summed E-state index contributed by atoms with van der Waals surface area (Å²) in [6.07, 6.45) is 1.71. The highest BCUT2D eigenvalue weighted by atomic mass is 35.5. The van der Waals surface area contributed by atoms with Gasteiger partial charge in [-0.05, 0) is 43.9 Å². The number of amides is 4. The molecule has 9 nitrogen and oxygen atoms in total. The van der Waals surface area contributed by atoms with Crippen LogP contribution in [0.3, 0.4) is 0 Å². The number of urea groups is 1. The molecule has 1 aromatic rings. The van der Waals surface area contributed by atoms with Gasteiger partial charge in [-0.1, -0.05) is 11.6 Å². The number of anilines is 1. The lowest BCUT2D eigenvalue weighted by molar-refractivity contribution is -0.150. The van der Waals surface area contributed by atoms with Gasteiger partial charge in [0.15, 0.2) is 6.61 Å². The number of hydrogen-bond donors (Lipinski definition) is 2. The number of halogens is 1. The standard InChI is InChI=1S/C18H20ClN3O6/c1-18(10-3-4-10)16(25)22(17(26)21-18)8-15(24)28-9-14(23)20-11-5-6-13(27-2)12(19)7-11/h5-7,10H,3-4,8-9H2,1-2H3,(H,20,23)(H,21,26)/t18-/m1/s1. The molecule has 4 amide bonds. The number of carbonyl (C=O) groups is 4. The molecule has 0 unspecified atom stereocenters. The zero-order valence-electron chi connectivity index (χ0n) is 15.4. The van der Waals surface area contributed by atoms with E-state index in [1.54, 1.807) is 19.1 Å². The lowest BCUT2D eigenvalue weighted by Crippen LogP contribution is -2.46. The molecular weight excluding hydrogens is 390 g/mol. The van der Waals surface area contributed by atoms with E-state index in [0.29, 0.717) is 16.5 Å². The molecule has 0 radical (unpaired) electrons. The SMILES string of the molecule is COc1ccc(NC(=O)COC(=O)CN2C(=O)N[C@](C)(C3CC3)C2=O)cc1Cl. The van der Waals surface area contributed by atoms with Gasteiger partial charge in [-0.25, -0.2) is 4.79 Å². The van der Waals surface area contributed by atoms with Gasteiger partial charge < -0.3 is 20.1 Å². The number of imide groups is 1. The number of carbonyl (C=O) groups excluding carboxylic acids is 4. The Kier molecular flexibility index (Phi) is 5.46. The number of esters is 1. The van der Waals surface area contributed by atoms with Crippen molar-refractivity contribution in [2.75, 3.05) is 25.6 Å². The van der Waals surface area contributed by atoms with Crippen molar-refractivity contribution in [1.82, 2.24) is 10.2 Å². The van der Waals surface area contributed by atoms with Gasteiger partial charge in [0.2, 0.25) is 0 Å². The minimum absolute atomic E-state index is 0.0899. The highest BCUT2D eigenvalue weighted by Gasteiger charge is 2.56. The summed E-state index contributed by atoms with van der Waals surface area (Å²) in [5, 5.41) is 5.47. The predicted molar refractivity (Wildman–Crippen MR) is 99.0 cm³/mol. The summed E-state index contributed by atoms with van der Waals surface area (Å²) in [6, 6.07) is 4.02. The van der Waals surface area contributed by atoms with Crippen LogP contribution in [0.2, 0.25) is 5.02 Å². The molecule has 10 heteroatoms. The number of hydrogen-bond acceptors (Lipinski definition) is 6. The third-order valence-electron chi connectivity index (χ3n) is 4.78. The number of nitrogens with zero attached hydrogens (tertiary/aromatic N) is 1. The molecule has 0 spiro atoms. The van der Waals surface area contributed by atoms with Crippen LogP contribution >= 0.6 is 11.6 Å². The summed E-state index contributed by atoms with van der Waals surface area (Å²) in [5.74, 6) is -1.35. The first-order valence-electron chi connectivity index (χ1n) is 8.67. The Labute approximate surface area is 166 Å². The molecule has 2 N–H and O–H groups in total. The second-order valence-corrected chi connectivity index (χ2v) is 7.26. The van der Waals surface area contributed by atoms with Crippen molar-refractivity contribution in [2.24, 2.45) is 5.92 Å². The first-order valence-corrected chi connectivity index (χ1v) is 9.05. The van der Waals surface area contributed by atoms with Crippen LogP contribution in [0.5, 0.6) is 5.75 Å². The molecule has 1 heterocycles. The summed E-state index contributed by atoms with van der Waals surface area (Å²) < 4.78 is 9.89. The highest BCUT2D eigenvalue weighted by Crippen LogP contribution is 2.42. The summed E-state index contributed by atoms with van der Waals surface area (Å²) >= 11 is 5.98.